The number of benzene rings is 1. The molecule has 7 heteroatoms. The lowest BCUT2D eigenvalue weighted by Crippen LogP contribution is -2.33. The summed E-state index contributed by atoms with van der Waals surface area (Å²) in [5, 5.41) is 5.76. The molecule has 0 radical (unpaired) electrons. The number of anilines is 1. The van der Waals surface area contributed by atoms with Gasteiger partial charge >= 0.3 is 0 Å². The molecule has 140 valence electrons. The fraction of sp³-hybridized carbons (Fsp3) is 0.350. The van der Waals surface area contributed by atoms with Crippen LogP contribution < -0.4 is 20.1 Å². The number of rotatable bonds is 4. The van der Waals surface area contributed by atoms with Crippen molar-refractivity contribution in [3.05, 3.63) is 47.8 Å². The summed E-state index contributed by atoms with van der Waals surface area (Å²) in [6.07, 6.45) is 4.26. The van der Waals surface area contributed by atoms with Crippen molar-refractivity contribution < 1.29 is 19.1 Å². The van der Waals surface area contributed by atoms with E-state index in [0.29, 0.717) is 30.4 Å². The lowest BCUT2D eigenvalue weighted by Gasteiger charge is -2.19. The zero-order chi connectivity index (χ0) is 18.6. The van der Waals surface area contributed by atoms with Gasteiger partial charge in [0.25, 0.3) is 11.8 Å². The van der Waals surface area contributed by atoms with Gasteiger partial charge in [-0.15, -0.1) is 0 Å². The normalized spacial score (nSPS) is 16.0. The Balaban J connectivity index is 1.45. The second-order valence-electron chi connectivity index (χ2n) is 6.68. The molecule has 0 saturated heterocycles. The Bertz CT molecular complexity index is 862. The third kappa shape index (κ3) is 4.02. The van der Waals surface area contributed by atoms with Gasteiger partial charge in [-0.05, 0) is 37.1 Å². The molecule has 1 aliphatic heterocycles. The van der Waals surface area contributed by atoms with E-state index >= 15 is 0 Å². The van der Waals surface area contributed by atoms with Crippen LogP contribution in [0.1, 0.15) is 46.7 Å². The summed E-state index contributed by atoms with van der Waals surface area (Å²) in [7, 11) is 0. The minimum Gasteiger partial charge on any atom is -0.486 e. The van der Waals surface area contributed by atoms with Crippen LogP contribution in [0.2, 0.25) is 0 Å². The second kappa shape index (κ2) is 7.65. The maximum absolute atomic E-state index is 12.5. The first-order chi connectivity index (χ1) is 13.2. The molecule has 1 aromatic carbocycles. The molecule has 7 nitrogen and oxygen atoms in total. The number of pyridine rings is 1. The number of carbonyl (C=O) groups is 2. The number of ether oxygens (including phenoxy) is 2. The molecule has 0 unspecified atom stereocenters. The van der Waals surface area contributed by atoms with Crippen LogP contribution in [0.15, 0.2) is 36.4 Å². The van der Waals surface area contributed by atoms with E-state index in [9.17, 15) is 9.59 Å². The van der Waals surface area contributed by atoms with Crippen molar-refractivity contribution in [1.29, 1.82) is 0 Å². The molecule has 0 bridgehead atoms. The lowest BCUT2D eigenvalue weighted by atomic mass is 10.2. The van der Waals surface area contributed by atoms with Gasteiger partial charge in [0, 0.05) is 17.8 Å². The van der Waals surface area contributed by atoms with Gasteiger partial charge in [0.05, 0.1) is 0 Å². The van der Waals surface area contributed by atoms with E-state index in [1.807, 2.05) is 0 Å². The van der Waals surface area contributed by atoms with Gasteiger partial charge < -0.3 is 20.1 Å². The minimum absolute atomic E-state index is 0.184. The van der Waals surface area contributed by atoms with E-state index in [1.54, 1.807) is 36.4 Å². The fourth-order valence-corrected chi connectivity index (χ4v) is 3.33. The first-order valence-corrected chi connectivity index (χ1v) is 9.18. The maximum atomic E-state index is 12.5. The van der Waals surface area contributed by atoms with Crippen LogP contribution in [0.3, 0.4) is 0 Å². The van der Waals surface area contributed by atoms with E-state index in [4.69, 9.17) is 9.47 Å². The van der Waals surface area contributed by atoms with Gasteiger partial charge in [-0.25, -0.2) is 4.98 Å². The van der Waals surface area contributed by atoms with E-state index < -0.39 is 0 Å². The number of hydrogen-bond acceptors (Lipinski definition) is 5. The molecular weight excluding hydrogens is 346 g/mol. The molecule has 2 amide bonds. The summed E-state index contributed by atoms with van der Waals surface area (Å²) < 4.78 is 11.0. The van der Waals surface area contributed by atoms with Crippen LogP contribution in [0, 0.1) is 0 Å². The molecular formula is C20H21N3O4. The number of aromatic nitrogens is 1. The number of fused-ring (bicyclic) bond motifs is 1. The standard InChI is InChI=1S/C20H21N3O4/c24-19(21-13-4-1-2-5-13)15-6-3-7-16(23-15)20(25)22-14-8-9-17-18(12-14)27-11-10-26-17/h3,6-9,12-13H,1-2,4-5,10-11H2,(H,21,24)(H,22,25). The maximum Gasteiger partial charge on any atom is 0.274 e. The monoisotopic (exact) mass is 367 g/mol. The SMILES string of the molecule is O=C(Nc1ccc2c(c1)OCCO2)c1cccc(C(=O)NC2CCCC2)n1. The van der Waals surface area contributed by atoms with Gasteiger partial charge in [0.2, 0.25) is 0 Å². The highest BCUT2D eigenvalue weighted by Crippen LogP contribution is 2.32. The summed E-state index contributed by atoms with van der Waals surface area (Å²) in [6.45, 7) is 0.989. The molecule has 27 heavy (non-hydrogen) atoms. The van der Waals surface area contributed by atoms with Crippen molar-refractivity contribution in [2.45, 2.75) is 31.7 Å². The zero-order valence-corrected chi connectivity index (χ0v) is 14.9. The van der Waals surface area contributed by atoms with E-state index in [1.165, 1.54) is 0 Å². The summed E-state index contributed by atoms with van der Waals surface area (Å²) in [4.78, 5) is 29.1. The Labute approximate surface area is 157 Å². The molecule has 1 saturated carbocycles. The zero-order valence-electron chi connectivity index (χ0n) is 14.9. The van der Waals surface area contributed by atoms with E-state index in [0.717, 1.165) is 25.7 Å². The second-order valence-corrected chi connectivity index (χ2v) is 6.68. The van der Waals surface area contributed by atoms with Crippen LogP contribution in [0.25, 0.3) is 0 Å². The van der Waals surface area contributed by atoms with Crippen LogP contribution in [0.5, 0.6) is 11.5 Å². The highest BCUT2D eigenvalue weighted by molar-refractivity contribution is 6.04. The largest absolute Gasteiger partial charge is 0.486 e. The average molecular weight is 367 g/mol. The van der Waals surface area contributed by atoms with Crippen molar-refractivity contribution in [2.75, 3.05) is 18.5 Å². The van der Waals surface area contributed by atoms with E-state index in [2.05, 4.69) is 15.6 Å². The Morgan fingerprint density at radius 2 is 1.63 bits per heavy atom. The molecule has 1 aliphatic carbocycles. The van der Waals surface area contributed by atoms with Crippen LogP contribution in [0.4, 0.5) is 5.69 Å². The summed E-state index contributed by atoms with van der Waals surface area (Å²) in [5.41, 5.74) is 1.01. The van der Waals surface area contributed by atoms with Crippen LogP contribution >= 0.6 is 0 Å². The van der Waals surface area contributed by atoms with Crippen molar-refractivity contribution in [2.24, 2.45) is 0 Å². The van der Waals surface area contributed by atoms with Crippen molar-refractivity contribution in [3.8, 4) is 11.5 Å². The van der Waals surface area contributed by atoms with Crippen LogP contribution in [-0.4, -0.2) is 36.1 Å². The topological polar surface area (TPSA) is 89.5 Å². The van der Waals surface area contributed by atoms with Gasteiger partial charge in [-0.2, -0.15) is 0 Å². The Kier molecular flexibility index (Phi) is 4.91. The van der Waals surface area contributed by atoms with Crippen molar-refractivity contribution in [1.82, 2.24) is 10.3 Å². The molecule has 2 aliphatic rings. The third-order valence-corrected chi connectivity index (χ3v) is 4.70. The molecule has 4 rings (SSSR count). The molecule has 0 spiro atoms. The summed E-state index contributed by atoms with van der Waals surface area (Å²) in [6, 6.07) is 10.3. The number of nitrogens with zero attached hydrogens (tertiary/aromatic N) is 1. The van der Waals surface area contributed by atoms with Gasteiger partial charge in [0.1, 0.15) is 24.6 Å². The van der Waals surface area contributed by atoms with Crippen LogP contribution in [-0.2, 0) is 0 Å². The molecule has 1 fully saturated rings. The quantitative estimate of drug-likeness (QED) is 0.867. The number of hydrogen-bond donors (Lipinski definition) is 2. The number of carbonyl (C=O) groups excluding carboxylic acids is 2. The Morgan fingerprint density at radius 1 is 0.926 bits per heavy atom. The molecule has 2 N–H and O–H groups in total. The first kappa shape index (κ1) is 17.3. The molecule has 0 atom stereocenters. The number of nitrogens with one attached hydrogen (secondary N) is 2. The highest BCUT2D eigenvalue weighted by Gasteiger charge is 2.20. The van der Waals surface area contributed by atoms with Gasteiger partial charge in [-0.1, -0.05) is 18.9 Å². The highest BCUT2D eigenvalue weighted by atomic mass is 16.6. The predicted octanol–water partition coefficient (Wildman–Crippen LogP) is 2.78. The van der Waals surface area contributed by atoms with Crippen molar-refractivity contribution in [3.63, 3.8) is 0 Å². The first-order valence-electron chi connectivity index (χ1n) is 9.18. The van der Waals surface area contributed by atoms with E-state index in [-0.39, 0.29) is 29.2 Å². The fourth-order valence-electron chi connectivity index (χ4n) is 3.33. The third-order valence-electron chi connectivity index (χ3n) is 4.70. The smallest absolute Gasteiger partial charge is 0.274 e. The Hall–Kier alpha value is -3.09. The predicted molar refractivity (Wildman–Crippen MR) is 99.3 cm³/mol. The Morgan fingerprint density at radius 3 is 2.41 bits per heavy atom. The molecule has 2 heterocycles. The molecule has 2 aromatic rings. The van der Waals surface area contributed by atoms with Gasteiger partial charge in [-0.3, -0.25) is 9.59 Å². The lowest BCUT2D eigenvalue weighted by molar-refractivity contribution is 0.0932. The average Bonchev–Trinajstić information content (AvgIpc) is 3.21. The van der Waals surface area contributed by atoms with Gasteiger partial charge in [0.15, 0.2) is 11.5 Å². The minimum atomic E-state index is -0.387. The molecule has 1 aromatic heterocycles. The number of amides is 2. The summed E-state index contributed by atoms with van der Waals surface area (Å²) >= 11 is 0. The summed E-state index contributed by atoms with van der Waals surface area (Å²) in [5.74, 6) is 0.623. The van der Waals surface area contributed by atoms with Crippen molar-refractivity contribution >= 4 is 17.5 Å².